The molecule has 1 saturated heterocycles. The molecule has 5 heteroatoms. The van der Waals surface area contributed by atoms with Crippen molar-refractivity contribution in [2.75, 3.05) is 25.6 Å². The molecule has 1 aromatic carbocycles. The maximum Gasteiger partial charge on any atom is 0.144 e. The molecule has 0 unspecified atom stereocenters. The molecule has 1 aromatic heterocycles. The molecule has 0 saturated carbocycles. The summed E-state index contributed by atoms with van der Waals surface area (Å²) in [6, 6.07) is 3.91. The first-order chi connectivity index (χ1) is 9.22. The Labute approximate surface area is 116 Å². The minimum Gasteiger partial charge on any atom is -0.491 e. The van der Waals surface area contributed by atoms with E-state index < -0.39 is 0 Å². The number of rotatable bonds is 3. The molecule has 0 radical (unpaired) electrons. The zero-order chi connectivity index (χ0) is 13.2. The molecule has 3 rings (SSSR count). The monoisotopic (exact) mass is 278 g/mol. The minimum atomic E-state index is 0.570. The molecule has 0 amide bonds. The third kappa shape index (κ3) is 2.82. The van der Waals surface area contributed by atoms with E-state index in [1.165, 1.54) is 0 Å². The zero-order valence-electron chi connectivity index (χ0n) is 11.0. The van der Waals surface area contributed by atoms with Crippen LogP contribution in [0.25, 0.3) is 10.2 Å². The van der Waals surface area contributed by atoms with Crippen molar-refractivity contribution in [3.63, 3.8) is 0 Å². The van der Waals surface area contributed by atoms with E-state index >= 15 is 0 Å². The predicted octanol–water partition coefficient (Wildman–Crippen LogP) is 2.99. The lowest BCUT2D eigenvalue weighted by Crippen LogP contribution is -2.21. The van der Waals surface area contributed by atoms with Crippen LogP contribution in [0, 0.1) is 12.8 Å². The van der Waals surface area contributed by atoms with E-state index in [2.05, 4.69) is 4.98 Å². The number of hydrogen-bond acceptors (Lipinski definition) is 5. The number of benzene rings is 1. The standard InChI is InChI=1S/C14H18N2O2S/c1-9-16-12-7-13(11(15)6-14(12)19-9)18-8-10-2-4-17-5-3-10/h6-7,10H,2-5,8,15H2,1H3. The summed E-state index contributed by atoms with van der Waals surface area (Å²) in [6.07, 6.45) is 2.13. The van der Waals surface area contributed by atoms with Crippen molar-refractivity contribution in [2.45, 2.75) is 19.8 Å². The fourth-order valence-corrected chi connectivity index (χ4v) is 3.19. The van der Waals surface area contributed by atoms with Gasteiger partial charge in [0.15, 0.2) is 0 Å². The number of hydrogen-bond donors (Lipinski definition) is 1. The molecule has 1 fully saturated rings. The Morgan fingerprint density at radius 1 is 1.42 bits per heavy atom. The first kappa shape index (κ1) is 12.7. The lowest BCUT2D eigenvalue weighted by molar-refractivity contribution is 0.0499. The molecule has 0 aliphatic carbocycles. The van der Waals surface area contributed by atoms with Crippen molar-refractivity contribution >= 4 is 27.2 Å². The summed E-state index contributed by atoms with van der Waals surface area (Å²) in [6.45, 7) is 4.40. The zero-order valence-corrected chi connectivity index (χ0v) is 11.8. The minimum absolute atomic E-state index is 0.570. The molecule has 4 nitrogen and oxygen atoms in total. The fraction of sp³-hybridized carbons (Fsp3) is 0.500. The second-order valence-electron chi connectivity index (χ2n) is 4.96. The second kappa shape index (κ2) is 5.35. The van der Waals surface area contributed by atoms with Gasteiger partial charge in [-0.2, -0.15) is 0 Å². The van der Waals surface area contributed by atoms with E-state index in [1.807, 2.05) is 19.1 Å². The Kier molecular flexibility index (Phi) is 3.57. The Morgan fingerprint density at radius 2 is 2.21 bits per heavy atom. The maximum absolute atomic E-state index is 6.04. The molecule has 2 N–H and O–H groups in total. The van der Waals surface area contributed by atoms with Gasteiger partial charge in [0.1, 0.15) is 5.75 Å². The van der Waals surface area contributed by atoms with Gasteiger partial charge in [0.25, 0.3) is 0 Å². The highest BCUT2D eigenvalue weighted by molar-refractivity contribution is 7.18. The van der Waals surface area contributed by atoms with Crippen LogP contribution in [-0.2, 0) is 4.74 Å². The molecule has 0 spiro atoms. The lowest BCUT2D eigenvalue weighted by Gasteiger charge is -2.22. The predicted molar refractivity (Wildman–Crippen MR) is 77.8 cm³/mol. The van der Waals surface area contributed by atoms with Crippen LogP contribution in [0.5, 0.6) is 5.75 Å². The summed E-state index contributed by atoms with van der Waals surface area (Å²) in [5, 5.41) is 1.05. The number of ether oxygens (including phenoxy) is 2. The third-order valence-corrected chi connectivity index (χ3v) is 4.38. The number of thiazole rings is 1. The second-order valence-corrected chi connectivity index (χ2v) is 6.19. The van der Waals surface area contributed by atoms with Crippen LogP contribution in [0.3, 0.4) is 0 Å². The van der Waals surface area contributed by atoms with E-state index in [0.717, 1.165) is 47.0 Å². The Bertz CT molecular complexity index is 576. The van der Waals surface area contributed by atoms with Gasteiger partial charge < -0.3 is 15.2 Å². The number of anilines is 1. The van der Waals surface area contributed by atoms with Crippen molar-refractivity contribution in [1.82, 2.24) is 4.98 Å². The molecule has 0 bridgehead atoms. The van der Waals surface area contributed by atoms with Crippen LogP contribution in [-0.4, -0.2) is 24.8 Å². The van der Waals surface area contributed by atoms with Crippen LogP contribution >= 0.6 is 11.3 Å². The lowest BCUT2D eigenvalue weighted by atomic mass is 10.0. The number of aromatic nitrogens is 1. The largest absolute Gasteiger partial charge is 0.491 e. The van der Waals surface area contributed by atoms with Crippen molar-refractivity contribution in [1.29, 1.82) is 0 Å². The molecule has 2 heterocycles. The fourth-order valence-electron chi connectivity index (χ4n) is 2.33. The summed E-state index contributed by atoms with van der Waals surface area (Å²) in [5.41, 5.74) is 7.71. The Morgan fingerprint density at radius 3 is 3.00 bits per heavy atom. The molecule has 102 valence electrons. The van der Waals surface area contributed by atoms with Crippen LogP contribution in [0.4, 0.5) is 5.69 Å². The van der Waals surface area contributed by atoms with Crippen LogP contribution in [0.1, 0.15) is 17.8 Å². The maximum atomic E-state index is 6.04. The summed E-state index contributed by atoms with van der Waals surface area (Å²) >= 11 is 1.66. The number of nitrogens with zero attached hydrogens (tertiary/aromatic N) is 1. The Balaban J connectivity index is 1.74. The van der Waals surface area contributed by atoms with Gasteiger partial charge in [-0.05, 0) is 31.7 Å². The normalized spacial score (nSPS) is 16.9. The molecule has 19 heavy (non-hydrogen) atoms. The van der Waals surface area contributed by atoms with Gasteiger partial charge in [-0.3, -0.25) is 0 Å². The average Bonchev–Trinajstić information content (AvgIpc) is 2.76. The number of aryl methyl sites for hydroxylation is 1. The topological polar surface area (TPSA) is 57.4 Å². The average molecular weight is 278 g/mol. The summed E-state index contributed by atoms with van der Waals surface area (Å²) in [7, 11) is 0. The molecule has 0 atom stereocenters. The van der Waals surface area contributed by atoms with E-state index in [9.17, 15) is 0 Å². The summed E-state index contributed by atoms with van der Waals surface area (Å²) < 4.78 is 12.3. The highest BCUT2D eigenvalue weighted by Gasteiger charge is 2.15. The molecule has 1 aliphatic rings. The van der Waals surface area contributed by atoms with Gasteiger partial charge in [-0.1, -0.05) is 0 Å². The van der Waals surface area contributed by atoms with E-state index in [-0.39, 0.29) is 0 Å². The van der Waals surface area contributed by atoms with Crippen molar-refractivity contribution in [3.05, 3.63) is 17.1 Å². The van der Waals surface area contributed by atoms with Gasteiger partial charge in [0, 0.05) is 19.3 Å². The highest BCUT2D eigenvalue weighted by atomic mass is 32.1. The third-order valence-electron chi connectivity index (χ3n) is 3.44. The van der Waals surface area contributed by atoms with Crippen LogP contribution in [0.15, 0.2) is 12.1 Å². The quantitative estimate of drug-likeness (QED) is 0.877. The number of nitrogen functional groups attached to an aromatic ring is 1. The van der Waals surface area contributed by atoms with E-state index in [4.69, 9.17) is 15.2 Å². The van der Waals surface area contributed by atoms with Gasteiger partial charge in [0.2, 0.25) is 0 Å². The van der Waals surface area contributed by atoms with Crippen molar-refractivity contribution < 1.29 is 9.47 Å². The van der Waals surface area contributed by atoms with Gasteiger partial charge in [-0.15, -0.1) is 11.3 Å². The highest BCUT2D eigenvalue weighted by Crippen LogP contribution is 2.31. The summed E-state index contributed by atoms with van der Waals surface area (Å²) in [5.74, 6) is 1.32. The SMILES string of the molecule is Cc1nc2cc(OCC3CCOCC3)c(N)cc2s1. The van der Waals surface area contributed by atoms with E-state index in [0.29, 0.717) is 18.2 Å². The molecule has 1 aliphatic heterocycles. The van der Waals surface area contributed by atoms with Crippen LogP contribution < -0.4 is 10.5 Å². The van der Waals surface area contributed by atoms with Gasteiger partial charge in [0.05, 0.1) is 27.5 Å². The first-order valence-corrected chi connectivity index (χ1v) is 7.41. The summed E-state index contributed by atoms with van der Waals surface area (Å²) in [4.78, 5) is 4.47. The van der Waals surface area contributed by atoms with Crippen molar-refractivity contribution in [2.24, 2.45) is 5.92 Å². The molecular weight excluding hydrogens is 260 g/mol. The molecular formula is C14H18N2O2S. The van der Waals surface area contributed by atoms with E-state index in [1.54, 1.807) is 11.3 Å². The number of nitrogens with two attached hydrogens (primary N) is 1. The Hall–Kier alpha value is -1.33. The number of fused-ring (bicyclic) bond motifs is 1. The smallest absolute Gasteiger partial charge is 0.144 e. The van der Waals surface area contributed by atoms with Gasteiger partial charge >= 0.3 is 0 Å². The molecule has 2 aromatic rings. The first-order valence-electron chi connectivity index (χ1n) is 6.59. The van der Waals surface area contributed by atoms with Gasteiger partial charge in [-0.25, -0.2) is 4.98 Å². The van der Waals surface area contributed by atoms with Crippen LogP contribution in [0.2, 0.25) is 0 Å². The van der Waals surface area contributed by atoms with Crippen molar-refractivity contribution in [3.8, 4) is 5.75 Å².